The van der Waals surface area contributed by atoms with Gasteiger partial charge in [0.1, 0.15) is 5.82 Å². The normalized spacial score (nSPS) is 15.5. The fraction of sp³-hybridized carbons (Fsp3) is 0.333. The van der Waals surface area contributed by atoms with Crippen LogP contribution in [-0.4, -0.2) is 6.04 Å². The van der Waals surface area contributed by atoms with Crippen molar-refractivity contribution in [3.8, 4) is 0 Å². The first-order valence-electron chi connectivity index (χ1n) is 4.94. The second-order valence-corrected chi connectivity index (χ2v) is 3.70. The van der Waals surface area contributed by atoms with Gasteiger partial charge in [-0.15, -0.1) is 0 Å². The Labute approximate surface area is 83.6 Å². The van der Waals surface area contributed by atoms with Gasteiger partial charge in [0.15, 0.2) is 0 Å². The van der Waals surface area contributed by atoms with Gasteiger partial charge < -0.3 is 5.32 Å². The zero-order chi connectivity index (χ0) is 9.97. The summed E-state index contributed by atoms with van der Waals surface area (Å²) in [5.41, 5.74) is 2.01. The van der Waals surface area contributed by atoms with Crippen molar-refractivity contribution in [3.63, 3.8) is 0 Å². The van der Waals surface area contributed by atoms with E-state index in [1.165, 1.54) is 25.0 Å². The van der Waals surface area contributed by atoms with Crippen molar-refractivity contribution in [2.24, 2.45) is 0 Å². The van der Waals surface area contributed by atoms with E-state index in [2.05, 4.69) is 11.9 Å². The van der Waals surface area contributed by atoms with Crippen LogP contribution in [0.5, 0.6) is 0 Å². The van der Waals surface area contributed by atoms with Crippen molar-refractivity contribution < 1.29 is 4.39 Å². The molecular weight excluding hydrogens is 177 g/mol. The van der Waals surface area contributed by atoms with Gasteiger partial charge in [-0.2, -0.15) is 0 Å². The largest absolute Gasteiger partial charge is 0.310 e. The second kappa shape index (κ2) is 3.93. The first-order chi connectivity index (χ1) is 6.79. The molecule has 0 aromatic heterocycles. The summed E-state index contributed by atoms with van der Waals surface area (Å²) in [6.45, 7) is 4.49. The van der Waals surface area contributed by atoms with Crippen LogP contribution in [0.1, 0.15) is 24.0 Å². The SMILES string of the molecule is C=Cc1cc(F)ccc1CNC1CC1. The van der Waals surface area contributed by atoms with Crippen molar-refractivity contribution in [1.82, 2.24) is 5.32 Å². The molecule has 14 heavy (non-hydrogen) atoms. The smallest absolute Gasteiger partial charge is 0.123 e. The Hall–Kier alpha value is -1.15. The second-order valence-electron chi connectivity index (χ2n) is 3.70. The number of nitrogens with one attached hydrogen (secondary N) is 1. The molecule has 1 aromatic rings. The molecule has 1 aliphatic carbocycles. The average molecular weight is 191 g/mol. The lowest BCUT2D eigenvalue weighted by Gasteiger charge is -2.06. The summed E-state index contributed by atoms with van der Waals surface area (Å²) in [5, 5.41) is 3.40. The molecule has 0 unspecified atom stereocenters. The van der Waals surface area contributed by atoms with Crippen molar-refractivity contribution >= 4 is 6.08 Å². The first kappa shape index (κ1) is 9.41. The number of benzene rings is 1. The van der Waals surface area contributed by atoms with E-state index in [0.29, 0.717) is 6.04 Å². The van der Waals surface area contributed by atoms with Crippen LogP contribution < -0.4 is 5.32 Å². The fourth-order valence-electron chi connectivity index (χ4n) is 1.46. The molecule has 0 saturated heterocycles. The minimum Gasteiger partial charge on any atom is -0.310 e. The van der Waals surface area contributed by atoms with E-state index in [1.807, 2.05) is 6.07 Å². The van der Waals surface area contributed by atoms with Crippen LogP contribution >= 0.6 is 0 Å². The van der Waals surface area contributed by atoms with E-state index in [9.17, 15) is 4.39 Å². The van der Waals surface area contributed by atoms with Crippen molar-refractivity contribution in [2.45, 2.75) is 25.4 Å². The van der Waals surface area contributed by atoms with E-state index >= 15 is 0 Å². The minimum atomic E-state index is -0.199. The van der Waals surface area contributed by atoms with Crippen LogP contribution in [0.3, 0.4) is 0 Å². The van der Waals surface area contributed by atoms with E-state index < -0.39 is 0 Å². The van der Waals surface area contributed by atoms with Crippen LogP contribution in [0, 0.1) is 5.82 Å². The van der Waals surface area contributed by atoms with E-state index in [4.69, 9.17) is 0 Å². The molecule has 1 saturated carbocycles. The maximum absolute atomic E-state index is 12.9. The maximum atomic E-state index is 12.9. The molecule has 2 rings (SSSR count). The van der Waals surface area contributed by atoms with Gasteiger partial charge in [0.25, 0.3) is 0 Å². The molecule has 1 nitrogen and oxygen atoms in total. The molecular formula is C12H14FN. The zero-order valence-electron chi connectivity index (χ0n) is 8.09. The van der Waals surface area contributed by atoms with Gasteiger partial charge >= 0.3 is 0 Å². The molecule has 0 bridgehead atoms. The quantitative estimate of drug-likeness (QED) is 0.771. The number of rotatable bonds is 4. The van der Waals surface area contributed by atoms with Gasteiger partial charge in [0.2, 0.25) is 0 Å². The third kappa shape index (κ3) is 2.20. The lowest BCUT2D eigenvalue weighted by molar-refractivity contribution is 0.624. The highest BCUT2D eigenvalue weighted by atomic mass is 19.1. The van der Waals surface area contributed by atoms with E-state index in [1.54, 1.807) is 6.08 Å². The molecule has 1 fully saturated rings. The number of hydrogen-bond donors (Lipinski definition) is 1. The van der Waals surface area contributed by atoms with Crippen molar-refractivity contribution in [2.75, 3.05) is 0 Å². The molecule has 2 heteroatoms. The van der Waals surface area contributed by atoms with Crippen LogP contribution in [0.4, 0.5) is 4.39 Å². The van der Waals surface area contributed by atoms with Gasteiger partial charge in [-0.3, -0.25) is 0 Å². The highest BCUT2D eigenvalue weighted by Gasteiger charge is 2.20. The molecule has 0 radical (unpaired) electrons. The summed E-state index contributed by atoms with van der Waals surface area (Å²) in [6.07, 6.45) is 4.24. The molecule has 0 spiro atoms. The van der Waals surface area contributed by atoms with Crippen LogP contribution in [0.15, 0.2) is 24.8 Å². The van der Waals surface area contributed by atoms with E-state index in [0.717, 1.165) is 17.7 Å². The number of halogens is 1. The highest BCUT2D eigenvalue weighted by molar-refractivity contribution is 5.51. The maximum Gasteiger partial charge on any atom is 0.123 e. The summed E-state index contributed by atoms with van der Waals surface area (Å²) >= 11 is 0. The Morgan fingerprint density at radius 1 is 1.50 bits per heavy atom. The Balaban J connectivity index is 2.09. The molecule has 0 amide bonds. The Morgan fingerprint density at radius 2 is 2.29 bits per heavy atom. The summed E-state index contributed by atoms with van der Waals surface area (Å²) in [5.74, 6) is -0.199. The Bertz CT molecular complexity index is 342. The molecule has 0 heterocycles. The van der Waals surface area contributed by atoms with E-state index in [-0.39, 0.29) is 5.82 Å². The van der Waals surface area contributed by atoms with Gasteiger partial charge in [-0.1, -0.05) is 18.7 Å². The minimum absolute atomic E-state index is 0.199. The monoisotopic (exact) mass is 191 g/mol. The van der Waals surface area contributed by atoms with Crippen LogP contribution in [0.2, 0.25) is 0 Å². The summed E-state index contributed by atoms with van der Waals surface area (Å²) in [6, 6.07) is 5.52. The summed E-state index contributed by atoms with van der Waals surface area (Å²) in [4.78, 5) is 0. The summed E-state index contributed by atoms with van der Waals surface area (Å²) in [7, 11) is 0. The highest BCUT2D eigenvalue weighted by Crippen LogP contribution is 2.20. The molecule has 1 aliphatic rings. The summed E-state index contributed by atoms with van der Waals surface area (Å²) < 4.78 is 12.9. The average Bonchev–Trinajstić information content (AvgIpc) is 2.99. The van der Waals surface area contributed by atoms with Gasteiger partial charge in [-0.25, -0.2) is 4.39 Å². The van der Waals surface area contributed by atoms with Crippen LogP contribution in [0.25, 0.3) is 6.08 Å². The predicted octanol–water partition coefficient (Wildman–Crippen LogP) is 2.72. The number of hydrogen-bond acceptors (Lipinski definition) is 1. The molecule has 74 valence electrons. The first-order valence-corrected chi connectivity index (χ1v) is 4.94. The van der Waals surface area contributed by atoms with Crippen molar-refractivity contribution in [3.05, 3.63) is 41.7 Å². The lowest BCUT2D eigenvalue weighted by atomic mass is 10.1. The van der Waals surface area contributed by atoms with Gasteiger partial charge in [0, 0.05) is 12.6 Å². The third-order valence-corrected chi connectivity index (χ3v) is 2.49. The lowest BCUT2D eigenvalue weighted by Crippen LogP contribution is -2.16. The Kier molecular flexibility index (Phi) is 2.64. The molecule has 1 N–H and O–H groups in total. The molecule has 1 aromatic carbocycles. The predicted molar refractivity (Wildman–Crippen MR) is 56.4 cm³/mol. The Morgan fingerprint density at radius 3 is 2.93 bits per heavy atom. The van der Waals surface area contributed by atoms with Crippen LogP contribution in [-0.2, 0) is 6.54 Å². The van der Waals surface area contributed by atoms with Gasteiger partial charge in [-0.05, 0) is 36.1 Å². The fourth-order valence-corrected chi connectivity index (χ4v) is 1.46. The molecule has 0 aliphatic heterocycles. The van der Waals surface area contributed by atoms with Gasteiger partial charge in [0.05, 0.1) is 0 Å². The molecule has 0 atom stereocenters. The topological polar surface area (TPSA) is 12.0 Å². The van der Waals surface area contributed by atoms with Crippen molar-refractivity contribution in [1.29, 1.82) is 0 Å². The third-order valence-electron chi connectivity index (χ3n) is 2.49. The standard InChI is InChI=1S/C12H14FN/c1-2-9-7-11(13)4-3-10(9)8-14-12-5-6-12/h2-4,7,12,14H,1,5-6,8H2. The zero-order valence-corrected chi connectivity index (χ0v) is 8.09.